The van der Waals surface area contributed by atoms with Crippen LogP contribution in [0.1, 0.15) is 77.0 Å². The fourth-order valence-corrected chi connectivity index (χ4v) is 8.70. The number of hydrazone groups is 1. The molecule has 7 unspecified atom stereocenters. The molecule has 4 nitrogen and oxygen atoms in total. The predicted molar refractivity (Wildman–Crippen MR) is 122 cm³/mol. The van der Waals surface area contributed by atoms with Gasteiger partial charge in [0.1, 0.15) is 0 Å². The Balaban J connectivity index is 1.35. The number of likely N-dealkylation sites (tertiary alicyclic amines) is 1. The van der Waals surface area contributed by atoms with Gasteiger partial charge in [-0.2, -0.15) is 5.10 Å². The van der Waals surface area contributed by atoms with Crippen LogP contribution >= 0.6 is 35.0 Å². The lowest BCUT2D eigenvalue weighted by atomic mass is 9.82. The summed E-state index contributed by atoms with van der Waals surface area (Å²) in [6.07, 6.45) is 13.8. The summed E-state index contributed by atoms with van der Waals surface area (Å²) in [5.74, 6) is 1.47. The second-order valence-corrected chi connectivity index (χ2v) is 12.3. The van der Waals surface area contributed by atoms with Crippen LogP contribution in [0.4, 0.5) is 0 Å². The van der Waals surface area contributed by atoms with Crippen LogP contribution < -0.4 is 5.43 Å². The van der Waals surface area contributed by atoms with Crippen molar-refractivity contribution in [1.29, 1.82) is 0 Å². The molecule has 162 valence electrons. The second-order valence-electron chi connectivity index (χ2n) is 9.84. The number of thioether (sulfide) groups is 1. The molecule has 4 fully saturated rings. The quantitative estimate of drug-likeness (QED) is 0.582. The minimum atomic E-state index is -0.573. The van der Waals surface area contributed by atoms with Crippen molar-refractivity contribution in [2.75, 3.05) is 6.54 Å². The molecule has 29 heavy (non-hydrogen) atoms. The van der Waals surface area contributed by atoms with E-state index in [0.717, 1.165) is 63.0 Å². The van der Waals surface area contributed by atoms with Crippen LogP contribution in [0.5, 0.6) is 0 Å². The number of nitrogens with one attached hydrogen (secondary N) is 1. The molecular formula is C22H33Cl2N3OS. The molecule has 2 heterocycles. The number of halogens is 2. The van der Waals surface area contributed by atoms with E-state index in [0.29, 0.717) is 23.8 Å². The summed E-state index contributed by atoms with van der Waals surface area (Å²) in [4.78, 5) is 15.5. The largest absolute Gasteiger partial charge is 0.336 e. The number of hydrogen-bond acceptors (Lipinski definition) is 4. The van der Waals surface area contributed by atoms with E-state index in [-0.39, 0.29) is 16.7 Å². The van der Waals surface area contributed by atoms with Crippen molar-refractivity contribution in [3.63, 3.8) is 0 Å². The van der Waals surface area contributed by atoms with E-state index >= 15 is 0 Å². The van der Waals surface area contributed by atoms with Gasteiger partial charge in [0.15, 0.2) is 4.87 Å². The molecule has 0 radical (unpaired) electrons. The summed E-state index contributed by atoms with van der Waals surface area (Å²) in [6, 6.07) is 0.351. The van der Waals surface area contributed by atoms with E-state index in [4.69, 9.17) is 28.3 Å². The maximum atomic E-state index is 13.9. The number of hydrogen-bond donors (Lipinski definition) is 1. The van der Waals surface area contributed by atoms with Crippen LogP contribution in [0.15, 0.2) is 5.10 Å². The summed E-state index contributed by atoms with van der Waals surface area (Å²) in [5, 5.41) is 6.36. The molecule has 0 bridgehead atoms. The molecule has 3 aliphatic carbocycles. The van der Waals surface area contributed by atoms with Crippen molar-refractivity contribution in [1.82, 2.24) is 10.3 Å². The van der Waals surface area contributed by atoms with Crippen molar-refractivity contribution in [2.24, 2.45) is 22.9 Å². The number of carbonyl (C=O) groups is 1. The topological polar surface area (TPSA) is 44.7 Å². The number of fused-ring (bicyclic) bond motifs is 2. The van der Waals surface area contributed by atoms with Crippen LogP contribution in [-0.4, -0.2) is 44.1 Å². The zero-order valence-corrected chi connectivity index (χ0v) is 19.5. The van der Waals surface area contributed by atoms with Gasteiger partial charge >= 0.3 is 0 Å². The van der Waals surface area contributed by atoms with E-state index in [9.17, 15) is 4.79 Å². The van der Waals surface area contributed by atoms with Gasteiger partial charge in [0, 0.05) is 35.2 Å². The maximum absolute atomic E-state index is 13.9. The minimum Gasteiger partial charge on any atom is -0.336 e. The molecule has 1 amide bonds. The number of rotatable bonds is 3. The van der Waals surface area contributed by atoms with Gasteiger partial charge in [0.25, 0.3) is 5.91 Å². The zero-order valence-electron chi connectivity index (χ0n) is 17.1. The van der Waals surface area contributed by atoms with Crippen molar-refractivity contribution in [3.05, 3.63) is 0 Å². The Hall–Kier alpha value is -0.130. The molecule has 5 rings (SSSR count). The molecule has 0 aromatic carbocycles. The number of alkyl halides is 2. The first kappa shape index (κ1) is 20.8. The number of nitrogens with zero attached hydrogens (tertiary/aromatic N) is 2. The van der Waals surface area contributed by atoms with Crippen LogP contribution in [0.2, 0.25) is 0 Å². The Bertz CT molecular complexity index is 676. The van der Waals surface area contributed by atoms with Crippen LogP contribution in [0, 0.1) is 17.8 Å². The van der Waals surface area contributed by atoms with Crippen LogP contribution in [-0.2, 0) is 4.79 Å². The standard InChI is InChI=1S/C22H33Cl2N3OS/c23-16-8-5-7-14(12-16)20-25-26-22(29-20)17-9-2-4-11-19(17)27(21(22)28)13-15-6-1-3-10-18(15)24/h14-19,26H,1-13H2. The second kappa shape index (κ2) is 8.43. The lowest BCUT2D eigenvalue weighted by molar-refractivity contribution is -0.132. The predicted octanol–water partition coefficient (Wildman–Crippen LogP) is 5.33. The summed E-state index contributed by atoms with van der Waals surface area (Å²) in [5.41, 5.74) is 3.41. The Morgan fingerprint density at radius 2 is 1.83 bits per heavy atom. The van der Waals surface area contributed by atoms with Gasteiger partial charge in [-0.05, 0) is 50.9 Å². The van der Waals surface area contributed by atoms with Crippen molar-refractivity contribution in [3.8, 4) is 0 Å². The molecule has 3 saturated carbocycles. The highest BCUT2D eigenvalue weighted by Gasteiger charge is 2.63. The van der Waals surface area contributed by atoms with E-state index in [1.165, 1.54) is 25.7 Å². The summed E-state index contributed by atoms with van der Waals surface area (Å²) in [7, 11) is 0. The van der Waals surface area contributed by atoms with Crippen molar-refractivity contribution < 1.29 is 4.79 Å². The highest BCUT2D eigenvalue weighted by Crippen LogP contribution is 2.53. The van der Waals surface area contributed by atoms with Gasteiger partial charge in [-0.1, -0.05) is 43.9 Å². The van der Waals surface area contributed by atoms with Crippen molar-refractivity contribution in [2.45, 2.75) is 98.7 Å². The fourth-order valence-electron chi connectivity index (χ4n) is 6.45. The summed E-state index contributed by atoms with van der Waals surface area (Å²) in [6.45, 7) is 0.834. The molecule has 7 atom stereocenters. The smallest absolute Gasteiger partial charge is 0.261 e. The molecule has 2 aliphatic heterocycles. The Labute approximate surface area is 188 Å². The van der Waals surface area contributed by atoms with E-state index in [2.05, 4.69) is 10.3 Å². The van der Waals surface area contributed by atoms with Gasteiger partial charge < -0.3 is 4.90 Å². The SMILES string of the molecule is O=C1N(CC2CCCCC2Cl)C2CCCCC2C12NN=C(C1CCCC(Cl)C1)S2. The molecule has 1 saturated heterocycles. The highest BCUT2D eigenvalue weighted by molar-refractivity contribution is 8.16. The number of amides is 1. The van der Waals surface area contributed by atoms with E-state index < -0.39 is 4.87 Å². The van der Waals surface area contributed by atoms with Crippen LogP contribution in [0.3, 0.4) is 0 Å². The van der Waals surface area contributed by atoms with Gasteiger partial charge in [-0.3, -0.25) is 10.2 Å². The third-order valence-electron chi connectivity index (χ3n) is 8.04. The molecule has 1 N–H and O–H groups in total. The van der Waals surface area contributed by atoms with Gasteiger partial charge in [0.2, 0.25) is 0 Å². The normalized spacial score (nSPS) is 45.2. The highest BCUT2D eigenvalue weighted by atomic mass is 35.5. The molecule has 5 aliphatic rings. The monoisotopic (exact) mass is 457 g/mol. The first-order chi connectivity index (χ1) is 14.1. The van der Waals surface area contributed by atoms with Gasteiger partial charge in [0.05, 0.1) is 5.04 Å². The van der Waals surface area contributed by atoms with E-state index in [1.807, 2.05) is 0 Å². The Morgan fingerprint density at radius 1 is 1.03 bits per heavy atom. The average molecular weight is 458 g/mol. The first-order valence-corrected chi connectivity index (χ1v) is 13.4. The minimum absolute atomic E-state index is 0.217. The molecule has 0 aromatic rings. The van der Waals surface area contributed by atoms with E-state index in [1.54, 1.807) is 11.8 Å². The lowest BCUT2D eigenvalue weighted by Crippen LogP contribution is -2.49. The summed E-state index contributed by atoms with van der Waals surface area (Å²) < 4.78 is 0. The van der Waals surface area contributed by atoms with Crippen LogP contribution in [0.25, 0.3) is 0 Å². The zero-order chi connectivity index (χ0) is 20.0. The third kappa shape index (κ3) is 3.71. The first-order valence-electron chi connectivity index (χ1n) is 11.7. The molecule has 7 heteroatoms. The van der Waals surface area contributed by atoms with Gasteiger partial charge in [-0.15, -0.1) is 23.2 Å². The average Bonchev–Trinajstić information content (AvgIpc) is 3.27. The Kier molecular flexibility index (Phi) is 6.03. The molecule has 1 spiro atoms. The molecular weight excluding hydrogens is 425 g/mol. The Morgan fingerprint density at radius 3 is 2.66 bits per heavy atom. The fraction of sp³-hybridized carbons (Fsp3) is 0.909. The maximum Gasteiger partial charge on any atom is 0.261 e. The van der Waals surface area contributed by atoms with Gasteiger partial charge in [-0.25, -0.2) is 0 Å². The number of carbonyl (C=O) groups excluding carboxylic acids is 1. The lowest BCUT2D eigenvalue weighted by Gasteiger charge is -2.36. The molecule has 0 aromatic heterocycles. The van der Waals surface area contributed by atoms with Crippen molar-refractivity contribution >= 4 is 45.9 Å². The summed E-state index contributed by atoms with van der Waals surface area (Å²) >= 11 is 14.9. The third-order valence-corrected chi connectivity index (χ3v) is 10.5.